The minimum absolute atomic E-state index is 0.0671. The number of alkyl carbamates (subject to hydrolysis) is 1. The Morgan fingerprint density at radius 1 is 1.24 bits per heavy atom. The second kappa shape index (κ2) is 9.26. The molecule has 3 aromatic heterocycles. The highest BCUT2D eigenvalue weighted by molar-refractivity contribution is 5.71. The van der Waals surface area contributed by atoms with Crippen LogP contribution in [0.4, 0.5) is 22.2 Å². The van der Waals surface area contributed by atoms with Crippen molar-refractivity contribution in [3.63, 3.8) is 0 Å². The molecule has 2 aliphatic rings. The molecule has 176 valence electrons. The quantitative estimate of drug-likeness (QED) is 0.448. The van der Waals surface area contributed by atoms with Gasteiger partial charge in [-0.3, -0.25) is 9.50 Å². The standard InChI is InChI=1S/C22H31N9O2/c1-14(2)26-22(32)33-16-4-3-15(11-16)17-12-19(29-28-17)27-21-25-13-18(20-24-7-10-31(20)21)30-8-5-23-6-9-30/h7,10,12-16,23H,3-6,8-9,11H2,1-2H3,(H,26,32)(H2,25,27,28,29)/t15-,16+/m1/s1. The first-order valence-electron chi connectivity index (χ1n) is 11.6. The van der Waals surface area contributed by atoms with E-state index in [2.05, 4.69) is 41.0 Å². The topological polar surface area (TPSA) is 124 Å². The minimum atomic E-state index is -0.345. The van der Waals surface area contributed by atoms with Gasteiger partial charge < -0.3 is 25.6 Å². The number of aromatic nitrogens is 5. The number of hydrogen-bond donors (Lipinski definition) is 4. The van der Waals surface area contributed by atoms with E-state index >= 15 is 0 Å². The van der Waals surface area contributed by atoms with Crippen LogP contribution in [0.3, 0.4) is 0 Å². The molecule has 11 heteroatoms. The van der Waals surface area contributed by atoms with Crippen molar-refractivity contribution in [2.45, 2.75) is 51.2 Å². The summed E-state index contributed by atoms with van der Waals surface area (Å²) in [6, 6.07) is 2.08. The highest BCUT2D eigenvalue weighted by Crippen LogP contribution is 2.36. The van der Waals surface area contributed by atoms with E-state index in [9.17, 15) is 4.79 Å². The fraction of sp³-hybridized carbons (Fsp3) is 0.545. The molecule has 1 saturated heterocycles. The molecule has 0 aromatic carbocycles. The first-order chi connectivity index (χ1) is 16.1. The molecule has 1 aliphatic heterocycles. The van der Waals surface area contributed by atoms with E-state index < -0.39 is 0 Å². The molecule has 2 atom stereocenters. The Morgan fingerprint density at radius 2 is 2.09 bits per heavy atom. The Balaban J connectivity index is 1.25. The van der Waals surface area contributed by atoms with Gasteiger partial charge in [0, 0.05) is 62.3 Å². The van der Waals surface area contributed by atoms with Crippen LogP contribution in [-0.2, 0) is 4.74 Å². The van der Waals surface area contributed by atoms with Crippen LogP contribution in [0.15, 0.2) is 24.7 Å². The Bertz CT molecular complexity index is 1100. The fourth-order valence-corrected chi connectivity index (χ4v) is 4.60. The van der Waals surface area contributed by atoms with Gasteiger partial charge in [-0.05, 0) is 33.1 Å². The molecule has 33 heavy (non-hydrogen) atoms. The van der Waals surface area contributed by atoms with Crippen LogP contribution >= 0.6 is 0 Å². The highest BCUT2D eigenvalue weighted by Gasteiger charge is 2.30. The van der Waals surface area contributed by atoms with Crippen molar-refractivity contribution in [3.05, 3.63) is 30.4 Å². The van der Waals surface area contributed by atoms with Crippen LogP contribution in [0.1, 0.15) is 44.7 Å². The Morgan fingerprint density at radius 3 is 2.91 bits per heavy atom. The summed E-state index contributed by atoms with van der Waals surface area (Å²) in [6.45, 7) is 7.62. The Hall–Kier alpha value is -3.34. The maximum Gasteiger partial charge on any atom is 0.407 e. The molecular weight excluding hydrogens is 422 g/mol. The second-order valence-corrected chi connectivity index (χ2v) is 8.99. The largest absolute Gasteiger partial charge is 0.446 e. The fourth-order valence-electron chi connectivity index (χ4n) is 4.60. The van der Waals surface area contributed by atoms with E-state index in [-0.39, 0.29) is 24.2 Å². The van der Waals surface area contributed by atoms with Crippen LogP contribution in [0.25, 0.3) is 5.65 Å². The summed E-state index contributed by atoms with van der Waals surface area (Å²) in [6.07, 6.45) is 7.75. The molecule has 3 aromatic rings. The van der Waals surface area contributed by atoms with E-state index in [1.54, 1.807) is 6.20 Å². The monoisotopic (exact) mass is 453 g/mol. The van der Waals surface area contributed by atoms with Gasteiger partial charge in [-0.15, -0.1) is 0 Å². The predicted octanol–water partition coefficient (Wildman–Crippen LogP) is 2.38. The lowest BCUT2D eigenvalue weighted by molar-refractivity contribution is 0.0981. The highest BCUT2D eigenvalue weighted by atomic mass is 16.6. The number of fused-ring (bicyclic) bond motifs is 1. The van der Waals surface area contributed by atoms with Crippen molar-refractivity contribution in [1.82, 2.24) is 35.2 Å². The molecule has 0 unspecified atom stereocenters. The number of H-pyrrole nitrogens is 1. The molecule has 2 fully saturated rings. The van der Waals surface area contributed by atoms with Gasteiger partial charge in [0.1, 0.15) is 6.10 Å². The molecule has 0 bridgehead atoms. The normalized spacial score (nSPS) is 21.0. The van der Waals surface area contributed by atoms with Gasteiger partial charge in [0.05, 0.1) is 11.9 Å². The van der Waals surface area contributed by atoms with Gasteiger partial charge in [-0.2, -0.15) is 5.10 Å². The number of ether oxygens (including phenoxy) is 1. The molecule has 4 heterocycles. The van der Waals surface area contributed by atoms with Gasteiger partial charge in [0.15, 0.2) is 11.5 Å². The third-order valence-electron chi connectivity index (χ3n) is 6.21. The number of imidazole rings is 1. The minimum Gasteiger partial charge on any atom is -0.446 e. The lowest BCUT2D eigenvalue weighted by Crippen LogP contribution is -2.43. The van der Waals surface area contributed by atoms with Gasteiger partial charge in [-0.1, -0.05) is 0 Å². The number of anilines is 3. The van der Waals surface area contributed by atoms with Crippen LogP contribution in [0.2, 0.25) is 0 Å². The van der Waals surface area contributed by atoms with Crippen molar-refractivity contribution >= 4 is 29.2 Å². The summed E-state index contributed by atoms with van der Waals surface area (Å²) >= 11 is 0. The van der Waals surface area contributed by atoms with E-state index in [1.807, 2.05) is 36.7 Å². The zero-order valence-corrected chi connectivity index (χ0v) is 19.0. The van der Waals surface area contributed by atoms with Crippen LogP contribution in [0, 0.1) is 0 Å². The number of nitrogens with zero attached hydrogens (tertiary/aromatic N) is 5. The molecule has 0 radical (unpaired) electrons. The number of piperazine rings is 1. The molecule has 1 amide bonds. The number of hydrogen-bond acceptors (Lipinski definition) is 8. The molecule has 4 N–H and O–H groups in total. The third-order valence-corrected chi connectivity index (χ3v) is 6.21. The number of rotatable bonds is 6. The number of aromatic amines is 1. The Labute approximate surface area is 192 Å². The average Bonchev–Trinajstić information content (AvgIpc) is 3.55. The van der Waals surface area contributed by atoms with Gasteiger partial charge in [0.25, 0.3) is 0 Å². The number of amides is 1. The summed E-state index contributed by atoms with van der Waals surface area (Å²) in [5.41, 5.74) is 2.95. The molecule has 0 spiro atoms. The summed E-state index contributed by atoms with van der Waals surface area (Å²) in [4.78, 5) is 23.4. The lowest BCUT2D eigenvalue weighted by Gasteiger charge is -2.29. The van der Waals surface area contributed by atoms with E-state index in [4.69, 9.17) is 4.74 Å². The third kappa shape index (κ3) is 4.72. The van der Waals surface area contributed by atoms with Crippen molar-refractivity contribution in [1.29, 1.82) is 0 Å². The maximum absolute atomic E-state index is 11.9. The van der Waals surface area contributed by atoms with E-state index in [0.29, 0.717) is 11.8 Å². The van der Waals surface area contributed by atoms with Crippen LogP contribution in [-0.4, -0.2) is 69.0 Å². The van der Waals surface area contributed by atoms with E-state index in [1.165, 1.54) is 0 Å². The van der Waals surface area contributed by atoms with Crippen molar-refractivity contribution in [2.24, 2.45) is 0 Å². The lowest BCUT2D eigenvalue weighted by atomic mass is 10.0. The molecule has 1 aliphatic carbocycles. The number of nitrogens with one attached hydrogen (secondary N) is 4. The van der Waals surface area contributed by atoms with Gasteiger partial charge >= 0.3 is 6.09 Å². The van der Waals surface area contributed by atoms with Crippen molar-refractivity contribution in [2.75, 3.05) is 36.4 Å². The maximum atomic E-state index is 11.9. The predicted molar refractivity (Wildman–Crippen MR) is 125 cm³/mol. The average molecular weight is 454 g/mol. The van der Waals surface area contributed by atoms with Crippen LogP contribution in [0.5, 0.6) is 0 Å². The van der Waals surface area contributed by atoms with Gasteiger partial charge in [-0.25, -0.2) is 14.8 Å². The summed E-state index contributed by atoms with van der Waals surface area (Å²) < 4.78 is 7.51. The molecule has 5 rings (SSSR count). The van der Waals surface area contributed by atoms with Crippen LogP contribution < -0.4 is 20.9 Å². The summed E-state index contributed by atoms with van der Waals surface area (Å²) in [5.74, 6) is 1.64. The van der Waals surface area contributed by atoms with Gasteiger partial charge in [0.2, 0.25) is 5.95 Å². The smallest absolute Gasteiger partial charge is 0.407 e. The van der Waals surface area contributed by atoms with Crippen molar-refractivity contribution < 1.29 is 9.53 Å². The molecule has 11 nitrogen and oxygen atoms in total. The SMILES string of the molecule is CC(C)NC(=O)O[C@H]1CC[C@@H](c2cc(Nc3ncc(N4CCNCC4)c4nccn34)n[nH]2)C1. The Kier molecular flexibility index (Phi) is 6.03. The molecule has 1 saturated carbocycles. The summed E-state index contributed by atoms with van der Waals surface area (Å²) in [7, 11) is 0. The zero-order valence-electron chi connectivity index (χ0n) is 19.0. The summed E-state index contributed by atoms with van der Waals surface area (Å²) in [5, 5.41) is 17.0. The number of carbonyl (C=O) groups excluding carboxylic acids is 1. The second-order valence-electron chi connectivity index (χ2n) is 8.99. The first kappa shape index (κ1) is 21.5. The number of carbonyl (C=O) groups is 1. The first-order valence-corrected chi connectivity index (χ1v) is 11.6. The van der Waals surface area contributed by atoms with Crippen molar-refractivity contribution in [3.8, 4) is 0 Å². The van der Waals surface area contributed by atoms with E-state index in [0.717, 1.165) is 62.5 Å². The zero-order chi connectivity index (χ0) is 22.8. The molecular formula is C22H31N9O2.